The zero-order valence-corrected chi connectivity index (χ0v) is 11.3. The fourth-order valence-electron chi connectivity index (χ4n) is 2.18. The number of alkyl halides is 1. The smallest absolute Gasteiger partial charge is 0.283 e. The summed E-state index contributed by atoms with van der Waals surface area (Å²) in [5.41, 5.74) is -0.654. The van der Waals surface area contributed by atoms with Crippen LogP contribution in [0.25, 0.3) is 11.4 Å². The molecule has 0 aliphatic heterocycles. The van der Waals surface area contributed by atoms with Crippen LogP contribution in [0.1, 0.15) is 24.7 Å². The number of nitrogens with zero attached hydrogens (tertiary/aromatic N) is 4. The van der Waals surface area contributed by atoms with E-state index < -0.39 is 22.2 Å². The maximum absolute atomic E-state index is 13.5. The lowest BCUT2D eigenvalue weighted by Crippen LogP contribution is -2.04. The van der Waals surface area contributed by atoms with Gasteiger partial charge in [0.05, 0.1) is 16.9 Å². The predicted molar refractivity (Wildman–Crippen MR) is 69.9 cm³/mol. The number of rotatable bonds is 4. The molecule has 1 heterocycles. The van der Waals surface area contributed by atoms with Crippen molar-refractivity contribution in [3.05, 3.63) is 39.7 Å². The average Bonchev–Trinajstić information content (AvgIpc) is 3.20. The molecular weight excluding hydrogens is 306 g/mol. The molecule has 1 aliphatic carbocycles. The lowest BCUT2D eigenvalue weighted by atomic mass is 10.1. The van der Waals surface area contributed by atoms with Gasteiger partial charge in [0.25, 0.3) is 5.69 Å². The number of hydrogen-bond acceptors (Lipinski definition) is 4. The number of halogens is 3. The van der Waals surface area contributed by atoms with Gasteiger partial charge in [0.15, 0.2) is 17.5 Å². The molecule has 3 rings (SSSR count). The van der Waals surface area contributed by atoms with E-state index in [1.807, 2.05) is 0 Å². The first-order valence-electron chi connectivity index (χ1n) is 6.16. The number of nitro groups is 1. The molecule has 110 valence electrons. The van der Waals surface area contributed by atoms with E-state index in [9.17, 15) is 18.9 Å². The van der Waals surface area contributed by atoms with Crippen molar-refractivity contribution in [1.82, 2.24) is 14.8 Å². The molecule has 2 aromatic rings. The van der Waals surface area contributed by atoms with Crippen LogP contribution >= 0.6 is 11.6 Å². The second-order valence-corrected chi connectivity index (χ2v) is 4.98. The van der Waals surface area contributed by atoms with Crippen molar-refractivity contribution < 1.29 is 13.7 Å². The summed E-state index contributed by atoms with van der Waals surface area (Å²) < 4.78 is 28.4. The Labute approximate surface area is 122 Å². The molecule has 9 heteroatoms. The summed E-state index contributed by atoms with van der Waals surface area (Å²) in [7, 11) is 0. The van der Waals surface area contributed by atoms with Gasteiger partial charge in [-0.3, -0.25) is 10.1 Å². The van der Waals surface area contributed by atoms with Gasteiger partial charge in [0, 0.05) is 6.04 Å². The Morgan fingerprint density at radius 1 is 1.33 bits per heavy atom. The van der Waals surface area contributed by atoms with Gasteiger partial charge in [-0.25, -0.2) is 8.78 Å². The van der Waals surface area contributed by atoms with Crippen molar-refractivity contribution in [3.8, 4) is 11.4 Å². The van der Waals surface area contributed by atoms with Crippen LogP contribution in [-0.2, 0) is 5.88 Å². The second-order valence-electron chi connectivity index (χ2n) is 4.72. The summed E-state index contributed by atoms with van der Waals surface area (Å²) >= 11 is 5.77. The van der Waals surface area contributed by atoms with E-state index in [1.165, 1.54) is 0 Å². The standard InChI is InChI=1S/C12H9ClF2N4O2/c13-5-11-16-17-12(18(11)6-1-2-6)7-3-8(14)9(15)4-10(7)19(20)21/h3-4,6H,1-2,5H2. The zero-order chi connectivity index (χ0) is 15.1. The molecule has 6 nitrogen and oxygen atoms in total. The second kappa shape index (κ2) is 5.03. The lowest BCUT2D eigenvalue weighted by Gasteiger charge is -2.08. The Kier molecular flexibility index (Phi) is 3.32. The van der Waals surface area contributed by atoms with Gasteiger partial charge in [-0.15, -0.1) is 21.8 Å². The number of benzene rings is 1. The van der Waals surface area contributed by atoms with Crippen LogP contribution in [0.3, 0.4) is 0 Å². The van der Waals surface area contributed by atoms with E-state index >= 15 is 0 Å². The van der Waals surface area contributed by atoms with E-state index in [2.05, 4.69) is 10.2 Å². The summed E-state index contributed by atoms with van der Waals surface area (Å²) in [5, 5.41) is 18.8. The highest BCUT2D eigenvalue weighted by atomic mass is 35.5. The van der Waals surface area contributed by atoms with Crippen molar-refractivity contribution in [1.29, 1.82) is 0 Å². The van der Waals surface area contributed by atoms with Crippen molar-refractivity contribution in [2.45, 2.75) is 24.8 Å². The summed E-state index contributed by atoms with van der Waals surface area (Å²) in [6.45, 7) is 0. The first kappa shape index (κ1) is 13.9. The van der Waals surface area contributed by atoms with E-state index in [-0.39, 0.29) is 23.3 Å². The molecule has 0 bridgehead atoms. The van der Waals surface area contributed by atoms with Gasteiger partial charge in [0.1, 0.15) is 11.4 Å². The Morgan fingerprint density at radius 2 is 2.00 bits per heavy atom. The minimum atomic E-state index is -1.28. The fraction of sp³-hybridized carbons (Fsp3) is 0.333. The minimum Gasteiger partial charge on any atom is -0.307 e. The molecule has 1 fully saturated rings. The van der Waals surface area contributed by atoms with E-state index in [4.69, 9.17) is 11.6 Å². The average molecular weight is 315 g/mol. The number of nitro benzene ring substituents is 1. The van der Waals surface area contributed by atoms with Gasteiger partial charge in [-0.05, 0) is 18.9 Å². The molecule has 0 saturated heterocycles. The third-order valence-electron chi connectivity index (χ3n) is 3.27. The minimum absolute atomic E-state index is 0.0843. The zero-order valence-electron chi connectivity index (χ0n) is 10.6. The molecule has 0 spiro atoms. The quantitative estimate of drug-likeness (QED) is 0.493. The maximum Gasteiger partial charge on any atom is 0.283 e. The Hall–Kier alpha value is -2.09. The van der Waals surface area contributed by atoms with Crippen LogP contribution in [-0.4, -0.2) is 19.7 Å². The summed E-state index contributed by atoms with van der Waals surface area (Å²) in [4.78, 5) is 10.3. The molecule has 0 radical (unpaired) electrons. The Balaban J connectivity index is 2.23. The van der Waals surface area contributed by atoms with Crippen LogP contribution in [0.5, 0.6) is 0 Å². The molecule has 1 saturated carbocycles. The van der Waals surface area contributed by atoms with Gasteiger partial charge >= 0.3 is 0 Å². The van der Waals surface area contributed by atoms with E-state index in [0.717, 1.165) is 18.9 Å². The van der Waals surface area contributed by atoms with E-state index in [0.29, 0.717) is 11.9 Å². The summed E-state index contributed by atoms with van der Waals surface area (Å²) in [5.74, 6) is -1.78. The molecule has 1 aliphatic rings. The van der Waals surface area contributed by atoms with Crippen LogP contribution in [0.4, 0.5) is 14.5 Å². The largest absolute Gasteiger partial charge is 0.307 e. The van der Waals surface area contributed by atoms with Gasteiger partial charge in [-0.1, -0.05) is 0 Å². The molecule has 21 heavy (non-hydrogen) atoms. The highest BCUT2D eigenvalue weighted by molar-refractivity contribution is 6.16. The molecule has 0 N–H and O–H groups in total. The number of aromatic nitrogens is 3. The molecule has 0 amide bonds. The molecule has 0 atom stereocenters. The van der Waals surface area contributed by atoms with Crippen molar-refractivity contribution >= 4 is 17.3 Å². The first-order chi connectivity index (χ1) is 10.0. The van der Waals surface area contributed by atoms with Crippen LogP contribution in [0, 0.1) is 21.7 Å². The van der Waals surface area contributed by atoms with Crippen LogP contribution in [0.15, 0.2) is 12.1 Å². The molecule has 0 unspecified atom stereocenters. The fourth-order valence-corrected chi connectivity index (χ4v) is 2.36. The monoisotopic (exact) mass is 314 g/mol. The third kappa shape index (κ3) is 2.35. The molecule has 1 aromatic heterocycles. The van der Waals surface area contributed by atoms with E-state index in [1.54, 1.807) is 4.57 Å². The predicted octanol–water partition coefficient (Wildman–Crippen LogP) is 3.21. The van der Waals surface area contributed by atoms with Gasteiger partial charge in [-0.2, -0.15) is 0 Å². The summed E-state index contributed by atoms with van der Waals surface area (Å²) in [6, 6.07) is 1.42. The lowest BCUT2D eigenvalue weighted by molar-refractivity contribution is -0.384. The van der Waals surface area contributed by atoms with Crippen molar-refractivity contribution in [3.63, 3.8) is 0 Å². The van der Waals surface area contributed by atoms with Gasteiger partial charge in [0.2, 0.25) is 0 Å². The highest BCUT2D eigenvalue weighted by Crippen LogP contribution is 2.41. The van der Waals surface area contributed by atoms with Crippen LogP contribution in [0.2, 0.25) is 0 Å². The van der Waals surface area contributed by atoms with Crippen molar-refractivity contribution in [2.75, 3.05) is 0 Å². The highest BCUT2D eigenvalue weighted by Gasteiger charge is 2.32. The Morgan fingerprint density at radius 3 is 2.57 bits per heavy atom. The van der Waals surface area contributed by atoms with Crippen LogP contribution < -0.4 is 0 Å². The molecular formula is C12H9ClF2N4O2. The normalized spacial score (nSPS) is 14.4. The third-order valence-corrected chi connectivity index (χ3v) is 3.51. The topological polar surface area (TPSA) is 73.8 Å². The first-order valence-corrected chi connectivity index (χ1v) is 6.70. The molecule has 1 aromatic carbocycles. The Bertz CT molecular complexity index is 730. The summed E-state index contributed by atoms with van der Waals surface area (Å²) in [6.07, 6.45) is 1.73. The number of hydrogen-bond donors (Lipinski definition) is 0. The van der Waals surface area contributed by atoms with Gasteiger partial charge < -0.3 is 4.57 Å². The SMILES string of the molecule is O=[N+]([O-])c1cc(F)c(F)cc1-c1nnc(CCl)n1C1CC1. The maximum atomic E-state index is 13.5. The van der Waals surface area contributed by atoms with Crippen molar-refractivity contribution in [2.24, 2.45) is 0 Å².